The maximum absolute atomic E-state index is 13.0. The van der Waals surface area contributed by atoms with E-state index in [-0.39, 0.29) is 31.0 Å². The quantitative estimate of drug-likeness (QED) is 0.619. The van der Waals surface area contributed by atoms with Crippen molar-refractivity contribution in [1.82, 2.24) is 10.2 Å². The third-order valence-corrected chi connectivity index (χ3v) is 5.19. The van der Waals surface area contributed by atoms with E-state index in [0.717, 1.165) is 12.0 Å². The molecule has 156 valence electrons. The van der Waals surface area contributed by atoms with Crippen LogP contribution >= 0.6 is 23.2 Å². The van der Waals surface area contributed by atoms with Crippen LogP contribution in [-0.2, 0) is 16.1 Å². The predicted octanol–water partition coefficient (Wildman–Crippen LogP) is 4.70. The number of para-hydroxylation sites is 1. The Balaban J connectivity index is 2.15. The van der Waals surface area contributed by atoms with Gasteiger partial charge in [0.1, 0.15) is 11.8 Å². The van der Waals surface area contributed by atoms with Gasteiger partial charge in [0, 0.05) is 17.6 Å². The minimum Gasteiger partial charge on any atom is -0.482 e. The molecule has 0 saturated heterocycles. The lowest BCUT2D eigenvalue weighted by Crippen LogP contribution is -2.50. The highest BCUT2D eigenvalue weighted by Gasteiger charge is 2.27. The molecule has 5 nitrogen and oxygen atoms in total. The molecule has 0 fully saturated rings. The smallest absolute Gasteiger partial charge is 0.261 e. The summed E-state index contributed by atoms with van der Waals surface area (Å²) in [6.07, 6.45) is 0.805. The number of carbonyl (C=O) groups excluding carboxylic acids is 2. The van der Waals surface area contributed by atoms with Crippen molar-refractivity contribution >= 4 is 35.0 Å². The number of amides is 2. The van der Waals surface area contributed by atoms with Crippen molar-refractivity contribution in [2.24, 2.45) is 0 Å². The third-order valence-electron chi connectivity index (χ3n) is 4.62. The Morgan fingerprint density at radius 2 is 1.72 bits per heavy atom. The number of halogens is 2. The largest absolute Gasteiger partial charge is 0.482 e. The molecule has 7 heteroatoms. The fourth-order valence-electron chi connectivity index (χ4n) is 2.62. The lowest BCUT2D eigenvalue weighted by atomic mass is 10.1. The van der Waals surface area contributed by atoms with Crippen molar-refractivity contribution in [3.8, 4) is 5.75 Å². The van der Waals surface area contributed by atoms with Gasteiger partial charge in [-0.2, -0.15) is 0 Å². The summed E-state index contributed by atoms with van der Waals surface area (Å²) in [5.74, 6) is -0.100. The van der Waals surface area contributed by atoms with E-state index in [0.29, 0.717) is 15.8 Å². The standard InChI is InChI=1S/C22H26Cl2N2O3/c1-4-15(2)25-22(28)16(3)26(13-17-9-11-18(23)12-10-17)21(27)14-29-20-8-6-5-7-19(20)24/h5-12,15-16H,4,13-14H2,1-3H3,(H,25,28)/t15-,16+/m1/s1. The van der Waals surface area contributed by atoms with Crippen molar-refractivity contribution < 1.29 is 14.3 Å². The molecule has 2 rings (SSSR count). The van der Waals surface area contributed by atoms with Crippen molar-refractivity contribution in [3.05, 3.63) is 64.1 Å². The lowest BCUT2D eigenvalue weighted by Gasteiger charge is -2.29. The molecule has 0 aliphatic carbocycles. The van der Waals surface area contributed by atoms with Gasteiger partial charge in [-0.15, -0.1) is 0 Å². The van der Waals surface area contributed by atoms with E-state index in [1.165, 1.54) is 4.90 Å². The monoisotopic (exact) mass is 436 g/mol. The number of rotatable bonds is 9. The molecule has 0 bridgehead atoms. The van der Waals surface area contributed by atoms with Crippen LogP contribution in [-0.4, -0.2) is 35.4 Å². The minimum absolute atomic E-state index is 0.0248. The highest BCUT2D eigenvalue weighted by atomic mass is 35.5. The average Bonchev–Trinajstić information content (AvgIpc) is 2.71. The number of benzene rings is 2. The normalized spacial score (nSPS) is 12.7. The Morgan fingerprint density at radius 1 is 1.07 bits per heavy atom. The van der Waals surface area contributed by atoms with Gasteiger partial charge in [0.05, 0.1) is 5.02 Å². The SMILES string of the molecule is CC[C@@H](C)NC(=O)[C@H](C)N(Cc1ccc(Cl)cc1)C(=O)COc1ccccc1Cl. The number of nitrogens with zero attached hydrogens (tertiary/aromatic N) is 1. The first kappa shape index (κ1) is 23.0. The second-order valence-corrected chi connectivity index (χ2v) is 7.70. The van der Waals surface area contributed by atoms with Gasteiger partial charge in [-0.3, -0.25) is 9.59 Å². The van der Waals surface area contributed by atoms with Crippen molar-refractivity contribution in [1.29, 1.82) is 0 Å². The fraction of sp³-hybridized carbons (Fsp3) is 0.364. The molecule has 0 spiro atoms. The van der Waals surface area contributed by atoms with Gasteiger partial charge < -0.3 is 15.0 Å². The highest BCUT2D eigenvalue weighted by Crippen LogP contribution is 2.23. The second-order valence-electron chi connectivity index (χ2n) is 6.86. The number of nitrogens with one attached hydrogen (secondary N) is 1. The van der Waals surface area contributed by atoms with Crippen molar-refractivity contribution in [2.75, 3.05) is 6.61 Å². The number of hydrogen-bond donors (Lipinski definition) is 1. The maximum Gasteiger partial charge on any atom is 0.261 e. The molecule has 0 saturated carbocycles. The summed E-state index contributed by atoms with van der Waals surface area (Å²) in [6, 6.07) is 13.5. The summed E-state index contributed by atoms with van der Waals surface area (Å²) < 4.78 is 5.59. The predicted molar refractivity (Wildman–Crippen MR) is 116 cm³/mol. The van der Waals surface area contributed by atoms with Gasteiger partial charge in [-0.1, -0.05) is 54.4 Å². The molecule has 29 heavy (non-hydrogen) atoms. The summed E-state index contributed by atoms with van der Waals surface area (Å²) in [7, 11) is 0. The van der Waals surface area contributed by atoms with Crippen LogP contribution in [0.2, 0.25) is 10.0 Å². The molecule has 0 heterocycles. The third kappa shape index (κ3) is 6.94. The summed E-state index contributed by atoms with van der Waals surface area (Å²) in [4.78, 5) is 27.1. The average molecular weight is 437 g/mol. The molecular weight excluding hydrogens is 411 g/mol. The summed E-state index contributed by atoms with van der Waals surface area (Å²) in [5, 5.41) is 3.96. The highest BCUT2D eigenvalue weighted by molar-refractivity contribution is 6.32. The van der Waals surface area contributed by atoms with Crippen LogP contribution in [0.15, 0.2) is 48.5 Å². The van der Waals surface area contributed by atoms with E-state index in [1.54, 1.807) is 43.3 Å². The molecule has 1 N–H and O–H groups in total. The summed E-state index contributed by atoms with van der Waals surface area (Å²) in [6.45, 7) is 5.66. The molecule has 0 aliphatic rings. The molecule has 2 aromatic rings. The molecule has 0 aliphatic heterocycles. The Bertz CT molecular complexity index is 827. The van der Waals surface area contributed by atoms with E-state index in [2.05, 4.69) is 5.32 Å². The van der Waals surface area contributed by atoms with Crippen LogP contribution in [0.4, 0.5) is 0 Å². The summed E-state index contributed by atoms with van der Waals surface area (Å²) in [5.41, 5.74) is 0.865. The van der Waals surface area contributed by atoms with Crippen LogP contribution < -0.4 is 10.1 Å². The molecular formula is C22H26Cl2N2O3. The molecule has 0 radical (unpaired) electrons. The van der Waals surface area contributed by atoms with Gasteiger partial charge in [-0.05, 0) is 50.1 Å². The summed E-state index contributed by atoms with van der Waals surface area (Å²) >= 11 is 12.0. The molecule has 2 atom stereocenters. The topological polar surface area (TPSA) is 58.6 Å². The molecule has 2 amide bonds. The van der Waals surface area contributed by atoms with Crippen LogP contribution in [0, 0.1) is 0 Å². The zero-order valence-corrected chi connectivity index (χ0v) is 18.3. The number of carbonyl (C=O) groups is 2. The molecule has 2 aromatic carbocycles. The zero-order valence-electron chi connectivity index (χ0n) is 16.8. The second kappa shape index (κ2) is 11.1. The van der Waals surface area contributed by atoms with Gasteiger partial charge in [0.25, 0.3) is 5.91 Å². The first-order valence-corrected chi connectivity index (χ1v) is 10.3. The van der Waals surface area contributed by atoms with E-state index in [9.17, 15) is 9.59 Å². The minimum atomic E-state index is -0.665. The van der Waals surface area contributed by atoms with Gasteiger partial charge in [0.2, 0.25) is 5.91 Å². The van der Waals surface area contributed by atoms with Crippen molar-refractivity contribution in [3.63, 3.8) is 0 Å². The van der Waals surface area contributed by atoms with E-state index < -0.39 is 6.04 Å². The molecule has 0 aromatic heterocycles. The Kier molecular flexibility index (Phi) is 8.80. The van der Waals surface area contributed by atoms with Crippen LogP contribution in [0.5, 0.6) is 5.75 Å². The van der Waals surface area contributed by atoms with Gasteiger partial charge in [0.15, 0.2) is 6.61 Å². The van der Waals surface area contributed by atoms with Gasteiger partial charge >= 0.3 is 0 Å². The zero-order chi connectivity index (χ0) is 21.4. The van der Waals surface area contributed by atoms with Crippen LogP contribution in [0.25, 0.3) is 0 Å². The molecule has 0 unspecified atom stereocenters. The van der Waals surface area contributed by atoms with Crippen molar-refractivity contribution in [2.45, 2.75) is 45.8 Å². The number of hydrogen-bond acceptors (Lipinski definition) is 3. The Morgan fingerprint density at radius 3 is 2.34 bits per heavy atom. The first-order chi connectivity index (χ1) is 13.8. The van der Waals surface area contributed by atoms with Crippen LogP contribution in [0.1, 0.15) is 32.8 Å². The first-order valence-electron chi connectivity index (χ1n) is 9.53. The Hall–Kier alpha value is -2.24. The lowest BCUT2D eigenvalue weighted by molar-refractivity contribution is -0.142. The van der Waals surface area contributed by atoms with Crippen LogP contribution in [0.3, 0.4) is 0 Å². The fourth-order valence-corrected chi connectivity index (χ4v) is 2.94. The Labute approximate surface area is 181 Å². The van der Waals surface area contributed by atoms with E-state index in [1.807, 2.05) is 26.0 Å². The van der Waals surface area contributed by atoms with E-state index in [4.69, 9.17) is 27.9 Å². The number of ether oxygens (including phenoxy) is 1. The maximum atomic E-state index is 13.0. The van der Waals surface area contributed by atoms with Gasteiger partial charge in [-0.25, -0.2) is 0 Å². The van der Waals surface area contributed by atoms with E-state index >= 15 is 0 Å².